The number of hydrogen-bond donors (Lipinski definition) is 3. The highest BCUT2D eigenvalue weighted by Gasteiger charge is 2.46. The van der Waals surface area contributed by atoms with Gasteiger partial charge in [-0.05, 0) is 89.2 Å². The van der Waals surface area contributed by atoms with E-state index in [0.717, 1.165) is 43.7 Å². The van der Waals surface area contributed by atoms with Crippen molar-refractivity contribution in [1.29, 1.82) is 0 Å². The molecule has 3 aliphatic rings. The Kier molecular flexibility index (Phi) is 8.85. The molecule has 228 valence electrons. The molecular formula is C30H42ClN7O3S. The van der Waals surface area contributed by atoms with E-state index < -0.39 is 21.5 Å². The van der Waals surface area contributed by atoms with Crippen LogP contribution < -0.4 is 20.8 Å². The number of hydrazine groups is 1. The molecule has 1 aromatic heterocycles. The average molecular weight is 616 g/mol. The molecule has 5 rings (SSSR count). The molecular weight excluding hydrogens is 574 g/mol. The van der Waals surface area contributed by atoms with E-state index in [1.165, 1.54) is 17.3 Å². The number of benzene rings is 1. The third-order valence-corrected chi connectivity index (χ3v) is 10.3. The van der Waals surface area contributed by atoms with E-state index >= 15 is 0 Å². The number of nitrogens with zero attached hydrogens (tertiary/aromatic N) is 4. The second-order valence-corrected chi connectivity index (χ2v) is 14.6. The van der Waals surface area contributed by atoms with Crippen LogP contribution in [0.5, 0.6) is 5.75 Å². The number of likely N-dealkylation sites (tertiary alicyclic amines) is 1. The van der Waals surface area contributed by atoms with Crippen molar-refractivity contribution in [3.05, 3.63) is 46.4 Å². The van der Waals surface area contributed by atoms with Crippen LogP contribution in [0.4, 0.5) is 17.5 Å². The Bertz CT molecular complexity index is 1420. The lowest BCUT2D eigenvalue weighted by Crippen LogP contribution is -2.54. The minimum atomic E-state index is -1.69. The van der Waals surface area contributed by atoms with Gasteiger partial charge in [-0.25, -0.2) is 10.4 Å². The number of piperidine rings is 1. The van der Waals surface area contributed by atoms with Crippen molar-refractivity contribution in [3.8, 4) is 5.75 Å². The number of carbonyl (C=O) groups is 1. The minimum Gasteiger partial charge on any atom is -0.488 e. The van der Waals surface area contributed by atoms with Crippen LogP contribution >= 0.6 is 11.6 Å². The highest BCUT2D eigenvalue weighted by Crippen LogP contribution is 2.41. The van der Waals surface area contributed by atoms with E-state index in [0.29, 0.717) is 29.4 Å². The average Bonchev–Trinajstić information content (AvgIpc) is 3.70. The smallest absolute Gasteiger partial charge is 0.246 e. The number of ether oxygens (including phenoxy) is 1. The monoisotopic (exact) mass is 615 g/mol. The van der Waals surface area contributed by atoms with Crippen LogP contribution in [-0.4, -0.2) is 72.8 Å². The lowest BCUT2D eigenvalue weighted by molar-refractivity contribution is -0.116. The van der Waals surface area contributed by atoms with E-state index in [9.17, 15) is 9.00 Å². The number of hydrogen-bond acceptors (Lipinski definition) is 10. The van der Waals surface area contributed by atoms with Crippen molar-refractivity contribution in [2.24, 2.45) is 0 Å². The fraction of sp³-hybridized carbons (Fsp3) is 0.567. The summed E-state index contributed by atoms with van der Waals surface area (Å²) in [6.45, 7) is 10.7. The number of aryl methyl sites for hydroxylation is 1. The fourth-order valence-corrected chi connectivity index (χ4v) is 6.66. The summed E-state index contributed by atoms with van der Waals surface area (Å²) >= 11 is 6.51. The van der Waals surface area contributed by atoms with Crippen molar-refractivity contribution in [1.82, 2.24) is 25.3 Å². The molecule has 0 spiro atoms. The Morgan fingerprint density at radius 2 is 1.98 bits per heavy atom. The topological polar surface area (TPSA) is 112 Å². The number of anilines is 3. The zero-order valence-electron chi connectivity index (χ0n) is 25.5. The van der Waals surface area contributed by atoms with Gasteiger partial charge in [0, 0.05) is 24.5 Å². The van der Waals surface area contributed by atoms with Gasteiger partial charge in [0.2, 0.25) is 11.1 Å². The summed E-state index contributed by atoms with van der Waals surface area (Å²) in [5.74, 6) is 1.95. The van der Waals surface area contributed by atoms with Crippen LogP contribution in [0.2, 0.25) is 5.02 Å². The van der Waals surface area contributed by atoms with Crippen molar-refractivity contribution in [3.63, 3.8) is 0 Å². The molecule has 1 saturated heterocycles. The van der Waals surface area contributed by atoms with Gasteiger partial charge in [-0.15, -0.1) is 0 Å². The Hall–Kier alpha value is -2.73. The third kappa shape index (κ3) is 6.44. The molecule has 1 aromatic carbocycles. The number of rotatable bonds is 9. The maximum atomic E-state index is 13.2. The SMILES string of the molecule is Cc1cc(Nc2ncc(Cl)c(NC3=CN(C)NC3(C)C(=O)S(=O)C(C)C)n2)c(OC2CC2)cc1C1CCN(C)C(C)C1. The van der Waals surface area contributed by atoms with Gasteiger partial charge in [-0.2, -0.15) is 4.98 Å². The van der Waals surface area contributed by atoms with Gasteiger partial charge in [0.05, 0.1) is 34.5 Å². The largest absolute Gasteiger partial charge is 0.488 e. The molecule has 2 aliphatic heterocycles. The highest BCUT2D eigenvalue weighted by atomic mass is 35.5. The van der Waals surface area contributed by atoms with Crippen LogP contribution in [0, 0.1) is 6.92 Å². The molecule has 2 aromatic rings. The molecule has 0 amide bonds. The Labute approximate surface area is 256 Å². The van der Waals surface area contributed by atoms with Crippen LogP contribution in [0.25, 0.3) is 0 Å². The maximum Gasteiger partial charge on any atom is 0.246 e. The molecule has 3 heterocycles. The van der Waals surface area contributed by atoms with E-state index in [-0.39, 0.29) is 16.4 Å². The molecule has 42 heavy (non-hydrogen) atoms. The first-order chi connectivity index (χ1) is 19.9. The summed E-state index contributed by atoms with van der Waals surface area (Å²) in [5, 5.41) is 7.76. The molecule has 12 heteroatoms. The third-order valence-electron chi connectivity index (χ3n) is 8.36. The first-order valence-electron chi connectivity index (χ1n) is 14.6. The zero-order chi connectivity index (χ0) is 30.3. The summed E-state index contributed by atoms with van der Waals surface area (Å²) in [4.78, 5) is 24.7. The van der Waals surface area contributed by atoms with Crippen molar-refractivity contribution >= 4 is 45.0 Å². The van der Waals surface area contributed by atoms with E-state index in [1.54, 1.807) is 39.0 Å². The van der Waals surface area contributed by atoms with Gasteiger partial charge in [-0.3, -0.25) is 9.00 Å². The fourth-order valence-electron chi connectivity index (χ4n) is 5.54. The number of carbonyl (C=O) groups excluding carboxylic acids is 1. The molecule has 1 aliphatic carbocycles. The quantitative estimate of drug-likeness (QED) is 0.354. The number of halogens is 1. The summed E-state index contributed by atoms with van der Waals surface area (Å²) < 4.78 is 19.1. The lowest BCUT2D eigenvalue weighted by atomic mass is 9.83. The summed E-state index contributed by atoms with van der Waals surface area (Å²) in [7, 11) is 2.27. The Morgan fingerprint density at radius 1 is 1.24 bits per heavy atom. The maximum absolute atomic E-state index is 13.2. The Morgan fingerprint density at radius 3 is 2.64 bits per heavy atom. The second kappa shape index (κ2) is 12.1. The van der Waals surface area contributed by atoms with Crippen molar-refractivity contribution in [2.45, 2.75) is 89.2 Å². The number of aromatic nitrogens is 2. The molecule has 0 bridgehead atoms. The van der Waals surface area contributed by atoms with E-state index in [2.05, 4.69) is 64.0 Å². The lowest BCUT2D eigenvalue weighted by Gasteiger charge is -2.36. The van der Waals surface area contributed by atoms with E-state index in [4.69, 9.17) is 16.3 Å². The summed E-state index contributed by atoms with van der Waals surface area (Å²) in [6.07, 6.45) is 7.82. The van der Waals surface area contributed by atoms with Crippen molar-refractivity contribution in [2.75, 3.05) is 31.3 Å². The molecule has 0 radical (unpaired) electrons. The normalized spacial score (nSPS) is 25.4. The van der Waals surface area contributed by atoms with Gasteiger partial charge >= 0.3 is 0 Å². The van der Waals surface area contributed by atoms with Crippen molar-refractivity contribution < 1.29 is 13.7 Å². The molecule has 2 fully saturated rings. The van der Waals surface area contributed by atoms with Crippen LogP contribution in [0.1, 0.15) is 70.4 Å². The number of nitrogens with one attached hydrogen (secondary N) is 3. The first kappa shape index (κ1) is 30.7. The summed E-state index contributed by atoms with van der Waals surface area (Å²) in [6, 6.07) is 4.86. The zero-order valence-corrected chi connectivity index (χ0v) is 27.0. The molecule has 1 saturated carbocycles. The first-order valence-corrected chi connectivity index (χ1v) is 16.2. The predicted molar refractivity (Wildman–Crippen MR) is 169 cm³/mol. The van der Waals surface area contributed by atoms with Gasteiger partial charge in [0.25, 0.3) is 0 Å². The van der Waals surface area contributed by atoms with E-state index in [1.807, 2.05) is 0 Å². The van der Waals surface area contributed by atoms with Crippen LogP contribution in [-0.2, 0) is 15.6 Å². The van der Waals surface area contributed by atoms with Crippen LogP contribution in [0.3, 0.4) is 0 Å². The Balaban J connectivity index is 1.41. The summed E-state index contributed by atoms with van der Waals surface area (Å²) in [5.41, 5.74) is 5.68. The van der Waals surface area contributed by atoms with Crippen LogP contribution in [0.15, 0.2) is 30.2 Å². The molecule has 4 unspecified atom stereocenters. The highest BCUT2D eigenvalue weighted by molar-refractivity contribution is 8.01. The van der Waals surface area contributed by atoms with Gasteiger partial charge in [0.1, 0.15) is 16.3 Å². The minimum absolute atomic E-state index is 0.228. The van der Waals surface area contributed by atoms with Gasteiger partial charge < -0.3 is 25.3 Å². The molecule has 10 nitrogen and oxygen atoms in total. The standard InChI is InChI=1S/C30H42ClN7O3S/c1-17(2)42(40)28(39)30(5)26(16-38(7)36-30)34-27-23(31)15-32-29(35-27)33-24-12-18(3)22(14-25(24)41-21-8-9-21)20-10-11-37(6)19(4)13-20/h12,14-17,19-21,36H,8-11,13H2,1-7H3,(H2,32,33,34,35). The molecule has 3 N–H and O–H groups in total. The van der Waals surface area contributed by atoms with Gasteiger partial charge in [-0.1, -0.05) is 25.4 Å². The second-order valence-electron chi connectivity index (χ2n) is 12.2. The van der Waals surface area contributed by atoms with Gasteiger partial charge in [0.15, 0.2) is 5.82 Å². The molecule has 4 atom stereocenters. The predicted octanol–water partition coefficient (Wildman–Crippen LogP) is 5.07.